The molecule has 2 atom stereocenters. The van der Waals surface area contributed by atoms with Gasteiger partial charge in [0.05, 0.1) is 0 Å². The predicted molar refractivity (Wildman–Crippen MR) is 74.8 cm³/mol. The van der Waals surface area contributed by atoms with Crippen molar-refractivity contribution < 1.29 is 4.79 Å². The first-order valence-electron chi connectivity index (χ1n) is 6.47. The molecule has 0 spiro atoms. The summed E-state index contributed by atoms with van der Waals surface area (Å²) in [6.07, 6.45) is 6.82. The fourth-order valence-corrected chi connectivity index (χ4v) is 2.37. The van der Waals surface area contributed by atoms with Gasteiger partial charge in [-0.05, 0) is 49.0 Å². The zero-order valence-electron chi connectivity index (χ0n) is 10.7. The van der Waals surface area contributed by atoms with E-state index in [1.165, 1.54) is 6.42 Å². The highest BCUT2D eigenvalue weighted by molar-refractivity contribution is 5.91. The lowest BCUT2D eigenvalue weighted by Gasteiger charge is -2.09. The van der Waals surface area contributed by atoms with Gasteiger partial charge in [0.2, 0.25) is 5.91 Å². The van der Waals surface area contributed by atoms with Crippen LogP contribution in [0.3, 0.4) is 0 Å². The molecule has 3 N–H and O–H groups in total. The number of nitrogen functional groups attached to an aromatic ring is 1. The fourth-order valence-electron chi connectivity index (χ4n) is 2.37. The van der Waals surface area contributed by atoms with E-state index < -0.39 is 0 Å². The Kier molecular flexibility index (Phi) is 4.03. The number of carbonyl (C=O) groups excluding carboxylic acids is 1. The number of amides is 1. The molecule has 1 fully saturated rings. The molecule has 18 heavy (non-hydrogen) atoms. The van der Waals surface area contributed by atoms with Crippen LogP contribution >= 0.6 is 0 Å². The molecule has 0 bridgehead atoms. The fraction of sp³-hybridized carbons (Fsp3) is 0.400. The Morgan fingerprint density at radius 3 is 2.67 bits per heavy atom. The van der Waals surface area contributed by atoms with E-state index in [0.29, 0.717) is 6.04 Å². The maximum Gasteiger partial charge on any atom is 0.244 e. The third-order valence-electron chi connectivity index (χ3n) is 3.40. The molecule has 1 amide bonds. The second-order valence-corrected chi connectivity index (χ2v) is 5.12. The molecule has 0 saturated heterocycles. The summed E-state index contributed by atoms with van der Waals surface area (Å²) in [6.45, 7) is 2.23. The minimum Gasteiger partial charge on any atom is -0.399 e. The molecule has 1 aromatic rings. The number of nitrogens with one attached hydrogen (secondary N) is 1. The van der Waals surface area contributed by atoms with Crippen LogP contribution in [0.15, 0.2) is 30.3 Å². The second kappa shape index (κ2) is 5.71. The Morgan fingerprint density at radius 2 is 2.06 bits per heavy atom. The van der Waals surface area contributed by atoms with E-state index >= 15 is 0 Å². The molecule has 96 valence electrons. The second-order valence-electron chi connectivity index (χ2n) is 5.12. The molecule has 2 unspecified atom stereocenters. The summed E-state index contributed by atoms with van der Waals surface area (Å²) in [5.41, 5.74) is 7.32. The van der Waals surface area contributed by atoms with Crippen LogP contribution in [0.4, 0.5) is 5.69 Å². The third kappa shape index (κ3) is 3.62. The maximum absolute atomic E-state index is 11.7. The minimum atomic E-state index is -0.00840. The molecular weight excluding hydrogens is 224 g/mol. The molecule has 1 saturated carbocycles. The summed E-state index contributed by atoms with van der Waals surface area (Å²) in [6, 6.07) is 7.81. The predicted octanol–water partition coefficient (Wildman–Crippen LogP) is 2.59. The molecule has 0 aliphatic heterocycles. The smallest absolute Gasteiger partial charge is 0.244 e. The topological polar surface area (TPSA) is 55.1 Å². The largest absolute Gasteiger partial charge is 0.399 e. The summed E-state index contributed by atoms with van der Waals surface area (Å²) in [7, 11) is 0. The molecule has 0 radical (unpaired) electrons. The van der Waals surface area contributed by atoms with Crippen LogP contribution in [0.2, 0.25) is 0 Å². The van der Waals surface area contributed by atoms with Crippen LogP contribution in [0.25, 0.3) is 6.08 Å². The number of carbonyl (C=O) groups is 1. The van der Waals surface area contributed by atoms with Gasteiger partial charge in [-0.1, -0.05) is 19.1 Å². The number of nitrogens with two attached hydrogens (primary N) is 1. The number of hydrogen-bond donors (Lipinski definition) is 2. The van der Waals surface area contributed by atoms with Crippen molar-refractivity contribution >= 4 is 17.7 Å². The van der Waals surface area contributed by atoms with Gasteiger partial charge in [0, 0.05) is 17.8 Å². The number of rotatable bonds is 3. The highest BCUT2D eigenvalue weighted by Gasteiger charge is 2.21. The number of benzene rings is 1. The minimum absolute atomic E-state index is 0.00840. The Labute approximate surface area is 108 Å². The van der Waals surface area contributed by atoms with Crippen LogP contribution in [-0.2, 0) is 4.79 Å². The SMILES string of the molecule is CC1CCC(NC(=O)/C=C/c2ccc(N)cc2)C1. The van der Waals surface area contributed by atoms with E-state index in [1.54, 1.807) is 6.08 Å². The first-order chi connectivity index (χ1) is 8.63. The Balaban J connectivity index is 1.85. The van der Waals surface area contributed by atoms with Crippen LogP contribution in [-0.4, -0.2) is 11.9 Å². The van der Waals surface area contributed by atoms with Gasteiger partial charge in [0.25, 0.3) is 0 Å². The highest BCUT2D eigenvalue weighted by atomic mass is 16.1. The zero-order chi connectivity index (χ0) is 13.0. The summed E-state index contributed by atoms with van der Waals surface area (Å²) in [4.78, 5) is 11.7. The van der Waals surface area contributed by atoms with E-state index in [4.69, 9.17) is 5.73 Å². The highest BCUT2D eigenvalue weighted by Crippen LogP contribution is 2.24. The van der Waals surface area contributed by atoms with Gasteiger partial charge in [-0.15, -0.1) is 0 Å². The lowest BCUT2D eigenvalue weighted by Crippen LogP contribution is -2.31. The summed E-state index contributed by atoms with van der Waals surface area (Å²) < 4.78 is 0. The molecule has 0 heterocycles. The normalized spacial score (nSPS) is 23.4. The Hall–Kier alpha value is -1.77. The van der Waals surface area contributed by atoms with Gasteiger partial charge in [0.15, 0.2) is 0 Å². The van der Waals surface area contributed by atoms with Crippen molar-refractivity contribution in [3.8, 4) is 0 Å². The van der Waals surface area contributed by atoms with Crippen molar-refractivity contribution in [2.45, 2.75) is 32.2 Å². The quantitative estimate of drug-likeness (QED) is 0.634. The van der Waals surface area contributed by atoms with E-state index in [1.807, 2.05) is 30.3 Å². The zero-order valence-corrected chi connectivity index (χ0v) is 10.7. The van der Waals surface area contributed by atoms with Gasteiger partial charge in [0.1, 0.15) is 0 Å². The molecule has 1 aliphatic carbocycles. The van der Waals surface area contributed by atoms with Crippen LogP contribution in [0.1, 0.15) is 31.7 Å². The first kappa shape index (κ1) is 12.7. The third-order valence-corrected chi connectivity index (χ3v) is 3.40. The van der Waals surface area contributed by atoms with E-state index in [-0.39, 0.29) is 5.91 Å². The molecule has 1 aromatic carbocycles. The standard InChI is InChI=1S/C15H20N2O/c1-11-2-8-14(10-11)17-15(18)9-5-12-3-6-13(16)7-4-12/h3-7,9,11,14H,2,8,10,16H2,1H3,(H,17,18)/b9-5+. The van der Waals surface area contributed by atoms with E-state index in [9.17, 15) is 4.79 Å². The molecule has 3 nitrogen and oxygen atoms in total. The average Bonchev–Trinajstić information content (AvgIpc) is 2.74. The summed E-state index contributed by atoms with van der Waals surface area (Å²) in [5, 5.41) is 3.04. The monoisotopic (exact) mass is 244 g/mol. The van der Waals surface area contributed by atoms with Gasteiger partial charge in [-0.3, -0.25) is 4.79 Å². The Bertz CT molecular complexity index is 436. The van der Waals surface area contributed by atoms with Gasteiger partial charge >= 0.3 is 0 Å². The first-order valence-corrected chi connectivity index (χ1v) is 6.47. The van der Waals surface area contributed by atoms with Crippen molar-refractivity contribution in [1.82, 2.24) is 5.32 Å². The number of hydrogen-bond acceptors (Lipinski definition) is 2. The summed E-state index contributed by atoms with van der Waals surface area (Å²) in [5.74, 6) is 0.724. The van der Waals surface area contributed by atoms with E-state index in [2.05, 4.69) is 12.2 Å². The van der Waals surface area contributed by atoms with Crippen molar-refractivity contribution in [2.24, 2.45) is 5.92 Å². The maximum atomic E-state index is 11.7. The average molecular weight is 244 g/mol. The van der Waals surface area contributed by atoms with Crippen LogP contribution in [0.5, 0.6) is 0 Å². The van der Waals surface area contributed by atoms with Crippen molar-refractivity contribution in [3.05, 3.63) is 35.9 Å². The molecule has 3 heteroatoms. The van der Waals surface area contributed by atoms with Gasteiger partial charge in [-0.25, -0.2) is 0 Å². The van der Waals surface area contributed by atoms with Crippen molar-refractivity contribution in [2.75, 3.05) is 5.73 Å². The molecular formula is C15H20N2O. The molecule has 0 aromatic heterocycles. The van der Waals surface area contributed by atoms with Gasteiger partial charge in [-0.2, -0.15) is 0 Å². The van der Waals surface area contributed by atoms with Crippen molar-refractivity contribution in [1.29, 1.82) is 0 Å². The van der Waals surface area contributed by atoms with Gasteiger partial charge < -0.3 is 11.1 Å². The lowest BCUT2D eigenvalue weighted by atomic mass is 10.1. The lowest BCUT2D eigenvalue weighted by molar-refractivity contribution is -0.117. The number of anilines is 1. The van der Waals surface area contributed by atoms with E-state index in [0.717, 1.165) is 30.0 Å². The van der Waals surface area contributed by atoms with Crippen LogP contribution < -0.4 is 11.1 Å². The van der Waals surface area contributed by atoms with Crippen molar-refractivity contribution in [3.63, 3.8) is 0 Å². The molecule has 1 aliphatic rings. The molecule has 2 rings (SSSR count). The Morgan fingerprint density at radius 1 is 1.33 bits per heavy atom. The van der Waals surface area contributed by atoms with Crippen LogP contribution in [0, 0.1) is 5.92 Å². The summed E-state index contributed by atoms with van der Waals surface area (Å²) >= 11 is 0.